The van der Waals surface area contributed by atoms with Crippen LogP contribution in [0.4, 0.5) is 5.69 Å². The van der Waals surface area contributed by atoms with E-state index in [1.165, 1.54) is 48.8 Å². The molecule has 120 valence electrons. The molecule has 0 amide bonds. The van der Waals surface area contributed by atoms with Gasteiger partial charge in [-0.1, -0.05) is 11.3 Å². The SMILES string of the molecule is COc1cc(/C=C/C(=O)Oc2ccc([N+](=O)[O-])cc2)c(OC)s1. The summed E-state index contributed by atoms with van der Waals surface area (Å²) in [5, 5.41) is 11.8. The number of nitrogens with zero attached hydrogens (tertiary/aromatic N) is 1. The lowest BCUT2D eigenvalue weighted by atomic mass is 10.3. The molecule has 0 N–H and O–H groups in total. The van der Waals surface area contributed by atoms with Crippen LogP contribution in [0, 0.1) is 10.1 Å². The molecule has 1 aromatic heterocycles. The zero-order chi connectivity index (χ0) is 16.8. The third kappa shape index (κ3) is 4.30. The first-order valence-electron chi connectivity index (χ1n) is 6.39. The van der Waals surface area contributed by atoms with Crippen molar-refractivity contribution in [2.45, 2.75) is 0 Å². The Morgan fingerprint density at radius 3 is 2.48 bits per heavy atom. The van der Waals surface area contributed by atoms with Gasteiger partial charge in [0.2, 0.25) is 0 Å². The number of esters is 1. The summed E-state index contributed by atoms with van der Waals surface area (Å²) >= 11 is 1.31. The van der Waals surface area contributed by atoms with E-state index in [1.807, 2.05) is 0 Å². The van der Waals surface area contributed by atoms with Gasteiger partial charge in [-0.05, 0) is 18.2 Å². The number of non-ortho nitro benzene ring substituents is 1. The van der Waals surface area contributed by atoms with Gasteiger partial charge < -0.3 is 14.2 Å². The molecule has 0 spiro atoms. The molecule has 0 unspecified atom stereocenters. The zero-order valence-corrected chi connectivity index (χ0v) is 13.2. The van der Waals surface area contributed by atoms with Crippen molar-refractivity contribution in [2.24, 2.45) is 0 Å². The van der Waals surface area contributed by atoms with E-state index in [0.717, 1.165) is 0 Å². The minimum Gasteiger partial charge on any atom is -0.487 e. The molecule has 0 radical (unpaired) electrons. The Labute approximate surface area is 135 Å². The van der Waals surface area contributed by atoms with Crippen LogP contribution in [0.1, 0.15) is 5.56 Å². The molecule has 1 heterocycles. The van der Waals surface area contributed by atoms with Gasteiger partial charge in [0.15, 0.2) is 10.1 Å². The summed E-state index contributed by atoms with van der Waals surface area (Å²) < 4.78 is 15.3. The Morgan fingerprint density at radius 1 is 1.22 bits per heavy atom. The highest BCUT2D eigenvalue weighted by molar-refractivity contribution is 7.15. The van der Waals surface area contributed by atoms with E-state index in [9.17, 15) is 14.9 Å². The summed E-state index contributed by atoms with van der Waals surface area (Å²) in [6.45, 7) is 0. The first kappa shape index (κ1) is 16.5. The molecule has 1 aromatic carbocycles. The molecule has 8 heteroatoms. The van der Waals surface area contributed by atoms with E-state index < -0.39 is 10.9 Å². The summed E-state index contributed by atoms with van der Waals surface area (Å²) in [4.78, 5) is 21.8. The maximum absolute atomic E-state index is 11.8. The number of nitro groups is 1. The van der Waals surface area contributed by atoms with Gasteiger partial charge >= 0.3 is 5.97 Å². The fraction of sp³-hybridized carbons (Fsp3) is 0.133. The lowest BCUT2D eigenvalue weighted by molar-refractivity contribution is -0.384. The molecule has 0 bridgehead atoms. The number of rotatable bonds is 6. The van der Waals surface area contributed by atoms with Gasteiger partial charge in [-0.2, -0.15) is 0 Å². The van der Waals surface area contributed by atoms with Crippen molar-refractivity contribution >= 4 is 29.1 Å². The molecule has 2 rings (SSSR count). The highest BCUT2D eigenvalue weighted by atomic mass is 32.1. The quantitative estimate of drug-likeness (QED) is 0.265. The Kier molecular flexibility index (Phi) is 5.32. The maximum atomic E-state index is 11.8. The normalized spacial score (nSPS) is 10.5. The molecule has 0 aliphatic rings. The predicted molar refractivity (Wildman–Crippen MR) is 85.2 cm³/mol. The van der Waals surface area contributed by atoms with Crippen LogP contribution in [0.2, 0.25) is 0 Å². The molecule has 0 fully saturated rings. The molecule has 0 aliphatic carbocycles. The highest BCUT2D eigenvalue weighted by Crippen LogP contribution is 2.36. The van der Waals surface area contributed by atoms with E-state index in [4.69, 9.17) is 14.2 Å². The van der Waals surface area contributed by atoms with Gasteiger partial charge in [-0.15, -0.1) is 0 Å². The maximum Gasteiger partial charge on any atom is 0.336 e. The fourth-order valence-electron chi connectivity index (χ4n) is 1.69. The van der Waals surface area contributed by atoms with Crippen molar-refractivity contribution in [3.05, 3.63) is 52.1 Å². The first-order chi connectivity index (χ1) is 11.0. The minimum absolute atomic E-state index is 0.0737. The van der Waals surface area contributed by atoms with Crippen molar-refractivity contribution in [1.82, 2.24) is 0 Å². The molecular weight excluding hydrogens is 322 g/mol. The van der Waals surface area contributed by atoms with E-state index in [0.29, 0.717) is 15.7 Å². The second-order valence-corrected chi connectivity index (χ2v) is 5.20. The summed E-state index contributed by atoms with van der Waals surface area (Å²) in [6.07, 6.45) is 2.79. The van der Waals surface area contributed by atoms with Gasteiger partial charge in [-0.3, -0.25) is 10.1 Å². The van der Waals surface area contributed by atoms with E-state index >= 15 is 0 Å². The number of carbonyl (C=O) groups is 1. The molecule has 23 heavy (non-hydrogen) atoms. The van der Waals surface area contributed by atoms with Gasteiger partial charge in [0.05, 0.1) is 19.1 Å². The van der Waals surface area contributed by atoms with Gasteiger partial charge in [0.25, 0.3) is 5.69 Å². The summed E-state index contributed by atoms with van der Waals surface area (Å²) in [5.41, 5.74) is 0.616. The minimum atomic E-state index is -0.605. The monoisotopic (exact) mass is 335 g/mol. The number of ether oxygens (including phenoxy) is 3. The van der Waals surface area contributed by atoms with Crippen LogP contribution >= 0.6 is 11.3 Å². The standard InChI is InChI=1S/C15H13NO6S/c1-20-14-9-10(15(21-2)23-14)3-8-13(17)22-12-6-4-11(5-7-12)16(18)19/h3-9H,1-2H3/b8-3+. The fourth-order valence-corrected chi connectivity index (χ4v) is 2.47. The number of nitro benzene ring substituents is 1. The Morgan fingerprint density at radius 2 is 1.91 bits per heavy atom. The Bertz CT molecular complexity index is 735. The predicted octanol–water partition coefficient (Wildman–Crippen LogP) is 3.29. The number of hydrogen-bond donors (Lipinski definition) is 0. The van der Waals surface area contributed by atoms with Gasteiger partial charge in [0, 0.05) is 29.8 Å². The number of methoxy groups -OCH3 is 2. The Hall–Kier alpha value is -2.87. The van der Waals surface area contributed by atoms with Crippen LogP contribution in [-0.2, 0) is 4.79 Å². The second-order valence-electron chi connectivity index (χ2n) is 4.22. The molecule has 0 saturated heterocycles. The third-order valence-electron chi connectivity index (χ3n) is 2.75. The summed E-state index contributed by atoms with van der Waals surface area (Å²) in [6, 6.07) is 6.98. The molecule has 7 nitrogen and oxygen atoms in total. The number of thiophene rings is 1. The molecule has 2 aromatic rings. The lowest BCUT2D eigenvalue weighted by Crippen LogP contribution is -2.03. The molecule has 0 atom stereocenters. The highest BCUT2D eigenvalue weighted by Gasteiger charge is 2.09. The topological polar surface area (TPSA) is 87.9 Å². The first-order valence-corrected chi connectivity index (χ1v) is 7.21. The van der Waals surface area contributed by atoms with Gasteiger partial charge in [0.1, 0.15) is 5.75 Å². The van der Waals surface area contributed by atoms with Crippen molar-refractivity contribution in [2.75, 3.05) is 14.2 Å². The smallest absolute Gasteiger partial charge is 0.336 e. The largest absolute Gasteiger partial charge is 0.487 e. The number of carbonyl (C=O) groups excluding carboxylic acids is 1. The van der Waals surface area contributed by atoms with Crippen LogP contribution in [0.25, 0.3) is 6.08 Å². The third-order valence-corrected chi connectivity index (χ3v) is 3.83. The average molecular weight is 335 g/mol. The number of hydrogen-bond acceptors (Lipinski definition) is 7. The molecule has 0 aliphatic heterocycles. The van der Waals surface area contributed by atoms with E-state index in [2.05, 4.69) is 0 Å². The van der Waals surface area contributed by atoms with Crippen molar-refractivity contribution in [3.8, 4) is 15.9 Å². The van der Waals surface area contributed by atoms with E-state index in [-0.39, 0.29) is 11.4 Å². The average Bonchev–Trinajstić information content (AvgIpc) is 2.96. The van der Waals surface area contributed by atoms with Crippen LogP contribution in [-0.4, -0.2) is 25.1 Å². The van der Waals surface area contributed by atoms with Gasteiger partial charge in [-0.25, -0.2) is 4.79 Å². The van der Waals surface area contributed by atoms with Crippen molar-refractivity contribution in [3.63, 3.8) is 0 Å². The van der Waals surface area contributed by atoms with Crippen LogP contribution in [0.5, 0.6) is 15.9 Å². The second kappa shape index (κ2) is 7.41. The van der Waals surface area contributed by atoms with Crippen LogP contribution < -0.4 is 14.2 Å². The lowest BCUT2D eigenvalue weighted by Gasteiger charge is -2.00. The molecule has 0 saturated carbocycles. The van der Waals surface area contributed by atoms with Crippen LogP contribution in [0.3, 0.4) is 0 Å². The van der Waals surface area contributed by atoms with E-state index in [1.54, 1.807) is 19.3 Å². The molecular formula is C15H13NO6S. The number of benzene rings is 1. The van der Waals surface area contributed by atoms with Crippen molar-refractivity contribution in [1.29, 1.82) is 0 Å². The summed E-state index contributed by atoms with van der Waals surface area (Å²) in [7, 11) is 3.07. The van der Waals surface area contributed by atoms with Crippen LogP contribution in [0.15, 0.2) is 36.4 Å². The Balaban J connectivity index is 2.04. The van der Waals surface area contributed by atoms with Crippen molar-refractivity contribution < 1.29 is 23.9 Å². The summed E-state index contributed by atoms with van der Waals surface area (Å²) in [5.74, 6) is -0.383. The zero-order valence-electron chi connectivity index (χ0n) is 12.3.